The van der Waals surface area contributed by atoms with Crippen LogP contribution in [0.3, 0.4) is 0 Å². The molecule has 1 atom stereocenters. The van der Waals surface area contributed by atoms with Gasteiger partial charge >= 0.3 is 5.97 Å². The molecule has 3 amide bonds. The van der Waals surface area contributed by atoms with Crippen LogP contribution in [0.25, 0.3) is 0 Å². The Morgan fingerprint density at radius 3 is 2.62 bits per heavy atom. The van der Waals surface area contributed by atoms with E-state index in [1.807, 2.05) is 0 Å². The lowest BCUT2D eigenvalue weighted by molar-refractivity contribution is -0.142. The van der Waals surface area contributed by atoms with Gasteiger partial charge in [-0.3, -0.25) is 19.4 Å². The average Bonchev–Trinajstić information content (AvgIpc) is 3.05. The van der Waals surface area contributed by atoms with E-state index >= 15 is 0 Å². The van der Waals surface area contributed by atoms with Crippen LogP contribution in [0.4, 0.5) is 0 Å². The van der Waals surface area contributed by atoms with Crippen molar-refractivity contribution < 1.29 is 24.0 Å². The Balaban J connectivity index is 1.94. The fourth-order valence-corrected chi connectivity index (χ4v) is 3.09. The first kappa shape index (κ1) is 20.2. The molecule has 10 heteroatoms. The van der Waals surface area contributed by atoms with E-state index < -0.39 is 29.6 Å². The Kier molecular flexibility index (Phi) is 6.03. The lowest BCUT2D eigenvalue weighted by atomic mass is 9.97. The minimum absolute atomic E-state index is 0.0152. The van der Waals surface area contributed by atoms with E-state index in [0.717, 1.165) is 0 Å². The zero-order valence-corrected chi connectivity index (χ0v) is 15.8. The van der Waals surface area contributed by atoms with Gasteiger partial charge in [0.25, 0.3) is 11.8 Å². The molecule has 0 saturated carbocycles. The van der Waals surface area contributed by atoms with Gasteiger partial charge in [-0.25, -0.2) is 9.79 Å². The van der Waals surface area contributed by atoms with Crippen molar-refractivity contribution in [2.45, 2.75) is 12.8 Å². The quantitative estimate of drug-likeness (QED) is 0.528. The molecule has 2 heterocycles. The number of aliphatic imine (C=N–C) groups is 1. The molecule has 0 spiro atoms. The molecule has 2 aliphatic rings. The van der Waals surface area contributed by atoms with E-state index in [9.17, 15) is 19.2 Å². The first-order valence-electron chi connectivity index (χ1n) is 9.05. The number of primary amides is 1. The predicted molar refractivity (Wildman–Crippen MR) is 102 cm³/mol. The van der Waals surface area contributed by atoms with Crippen LogP contribution in [-0.4, -0.2) is 59.4 Å². The number of carbonyl (C=O) groups is 4. The molecule has 0 aromatic heterocycles. The molecule has 3 N–H and O–H groups in total. The molecule has 29 heavy (non-hydrogen) atoms. The number of carbonyl (C=O) groups excluding carboxylic acids is 4. The minimum atomic E-state index is -0.714. The monoisotopic (exact) mass is 399 g/mol. The summed E-state index contributed by atoms with van der Waals surface area (Å²) in [5.74, 6) is -2.86. The smallest absolute Gasteiger partial charge is 0.369 e. The van der Waals surface area contributed by atoms with Gasteiger partial charge in [0, 0.05) is 31.8 Å². The van der Waals surface area contributed by atoms with Crippen molar-refractivity contribution in [2.75, 3.05) is 20.1 Å². The number of hydrazine groups is 1. The van der Waals surface area contributed by atoms with E-state index in [-0.39, 0.29) is 18.0 Å². The Bertz CT molecular complexity index is 896. The number of hydrogen-bond acceptors (Lipinski definition) is 7. The van der Waals surface area contributed by atoms with Gasteiger partial charge in [0.15, 0.2) is 0 Å². The summed E-state index contributed by atoms with van der Waals surface area (Å²) in [4.78, 5) is 59.1. The van der Waals surface area contributed by atoms with Crippen molar-refractivity contribution in [3.8, 4) is 0 Å². The number of rotatable bonds is 4. The van der Waals surface area contributed by atoms with Gasteiger partial charge in [-0.15, -0.1) is 0 Å². The zero-order chi connectivity index (χ0) is 21.0. The molecule has 1 aromatic carbocycles. The molecule has 0 radical (unpaired) electrons. The summed E-state index contributed by atoms with van der Waals surface area (Å²) in [7, 11) is 1.52. The normalized spacial score (nSPS) is 21.3. The molecule has 0 bridgehead atoms. The summed E-state index contributed by atoms with van der Waals surface area (Å²) in [6.45, 7) is 0.525. The molecule has 1 aromatic rings. The third kappa shape index (κ3) is 4.66. The number of likely N-dealkylation sites (N-methyl/N-ethyl adjacent to an activating group) is 1. The standard InChI is InChI=1S/C19H21N5O5/c1-23-15(19(28)29-22-23)10-14(21-17(26)12-6-3-2-4-7-12)18(27)24-9-5-8-13(11-24)16(20)25/h2-4,6-7,10,13,22H,5,8-9,11H2,1H3,(H2,20,25)/b15-10+,21-14?. The fourth-order valence-electron chi connectivity index (χ4n) is 3.09. The van der Waals surface area contributed by atoms with Gasteiger partial charge in [0.2, 0.25) is 5.91 Å². The average molecular weight is 399 g/mol. The van der Waals surface area contributed by atoms with Gasteiger partial charge in [0.1, 0.15) is 11.4 Å². The van der Waals surface area contributed by atoms with Crippen LogP contribution in [0.15, 0.2) is 47.1 Å². The van der Waals surface area contributed by atoms with Crippen molar-refractivity contribution in [1.82, 2.24) is 15.5 Å². The van der Waals surface area contributed by atoms with Gasteiger partial charge in [0.05, 0.1) is 5.92 Å². The maximum absolute atomic E-state index is 13.1. The van der Waals surface area contributed by atoms with Crippen LogP contribution in [0.2, 0.25) is 0 Å². The van der Waals surface area contributed by atoms with Gasteiger partial charge in [-0.2, -0.15) is 0 Å². The highest BCUT2D eigenvalue weighted by Gasteiger charge is 2.31. The highest BCUT2D eigenvalue weighted by Crippen LogP contribution is 2.18. The fraction of sp³-hybridized carbons (Fsp3) is 0.316. The van der Waals surface area contributed by atoms with Crippen LogP contribution >= 0.6 is 0 Å². The second-order valence-electron chi connectivity index (χ2n) is 6.73. The number of hydrogen-bond donors (Lipinski definition) is 2. The Hall–Kier alpha value is -3.53. The Labute approximate surface area is 166 Å². The summed E-state index contributed by atoms with van der Waals surface area (Å²) in [5, 5.41) is 1.26. The molecule has 0 aliphatic carbocycles. The van der Waals surface area contributed by atoms with Crippen molar-refractivity contribution in [3.05, 3.63) is 47.7 Å². The topological polar surface area (TPSA) is 134 Å². The predicted octanol–water partition coefficient (Wildman–Crippen LogP) is -0.216. The second kappa shape index (κ2) is 8.65. The molecule has 2 fully saturated rings. The van der Waals surface area contributed by atoms with E-state index in [2.05, 4.69) is 15.4 Å². The highest BCUT2D eigenvalue weighted by molar-refractivity contribution is 6.45. The number of nitrogens with one attached hydrogen (secondary N) is 1. The van der Waals surface area contributed by atoms with E-state index in [1.54, 1.807) is 30.3 Å². The lowest BCUT2D eigenvalue weighted by Gasteiger charge is -2.31. The second-order valence-corrected chi connectivity index (χ2v) is 6.73. The van der Waals surface area contributed by atoms with Gasteiger partial charge < -0.3 is 15.5 Å². The molecule has 1 unspecified atom stereocenters. The summed E-state index contributed by atoms with van der Waals surface area (Å²) < 4.78 is 0. The molecule has 2 aliphatic heterocycles. The van der Waals surface area contributed by atoms with Gasteiger partial charge in [-0.05, 0) is 25.0 Å². The third-order valence-corrected chi connectivity index (χ3v) is 4.69. The number of piperidine rings is 1. The maximum Gasteiger partial charge on any atom is 0.376 e. The summed E-state index contributed by atoms with van der Waals surface area (Å²) in [5.41, 5.74) is 7.80. The Morgan fingerprint density at radius 1 is 1.28 bits per heavy atom. The summed E-state index contributed by atoms with van der Waals surface area (Å²) in [6.07, 6.45) is 2.38. The molecule has 3 rings (SSSR count). The zero-order valence-electron chi connectivity index (χ0n) is 15.8. The van der Waals surface area contributed by atoms with E-state index in [1.165, 1.54) is 23.0 Å². The first-order valence-corrected chi connectivity index (χ1v) is 9.05. The van der Waals surface area contributed by atoms with Crippen LogP contribution in [-0.2, 0) is 19.2 Å². The summed E-state index contributed by atoms with van der Waals surface area (Å²) >= 11 is 0. The maximum atomic E-state index is 13.1. The Morgan fingerprint density at radius 2 is 2.00 bits per heavy atom. The third-order valence-electron chi connectivity index (χ3n) is 4.69. The number of likely N-dealkylation sites (tertiary alicyclic amines) is 1. The number of nitrogens with zero attached hydrogens (tertiary/aromatic N) is 3. The minimum Gasteiger partial charge on any atom is -0.369 e. The van der Waals surface area contributed by atoms with E-state index in [0.29, 0.717) is 24.9 Å². The lowest BCUT2D eigenvalue weighted by Crippen LogP contribution is -2.46. The SMILES string of the molecule is CN1NOC(=O)/C1=C\C(=NC(=O)c1ccccc1)C(=O)N1CCCC(C(N)=O)C1. The van der Waals surface area contributed by atoms with Gasteiger partial charge in [-0.1, -0.05) is 23.8 Å². The van der Waals surface area contributed by atoms with Crippen molar-refractivity contribution in [1.29, 1.82) is 0 Å². The number of nitrogens with two attached hydrogens (primary N) is 1. The van der Waals surface area contributed by atoms with Crippen LogP contribution < -0.4 is 11.3 Å². The largest absolute Gasteiger partial charge is 0.376 e. The molecular formula is C19H21N5O5. The number of benzene rings is 1. The van der Waals surface area contributed by atoms with Crippen molar-refractivity contribution >= 4 is 29.4 Å². The first-order chi connectivity index (χ1) is 13.9. The van der Waals surface area contributed by atoms with Crippen LogP contribution in [0.5, 0.6) is 0 Å². The van der Waals surface area contributed by atoms with Crippen molar-refractivity contribution in [2.24, 2.45) is 16.6 Å². The van der Waals surface area contributed by atoms with E-state index in [4.69, 9.17) is 5.73 Å². The van der Waals surface area contributed by atoms with Crippen molar-refractivity contribution in [3.63, 3.8) is 0 Å². The number of amides is 3. The highest BCUT2D eigenvalue weighted by atomic mass is 16.7. The molecule has 2 saturated heterocycles. The molecule has 152 valence electrons. The molecule has 10 nitrogen and oxygen atoms in total. The summed E-state index contributed by atoms with van der Waals surface area (Å²) in [6, 6.07) is 8.25. The molecular weight excluding hydrogens is 378 g/mol. The van der Waals surface area contributed by atoms with Crippen LogP contribution in [0.1, 0.15) is 23.2 Å². The van der Waals surface area contributed by atoms with Crippen LogP contribution in [0, 0.1) is 5.92 Å².